The predicted octanol–water partition coefficient (Wildman–Crippen LogP) is 16.9. The van der Waals surface area contributed by atoms with E-state index in [0.29, 0.717) is 0 Å². The van der Waals surface area contributed by atoms with E-state index in [2.05, 4.69) is 308 Å². The molecule has 14 rings (SSSR count). The fourth-order valence-corrected chi connectivity index (χ4v) is 12.4. The van der Waals surface area contributed by atoms with Gasteiger partial charge in [-0.3, -0.25) is 0 Å². The van der Waals surface area contributed by atoms with Crippen LogP contribution in [0.15, 0.2) is 243 Å². The molecule has 2 aromatic heterocycles. The number of rotatable bonds is 8. The summed E-state index contributed by atoms with van der Waals surface area (Å²) in [6, 6.07) is 90.0. The molecule has 0 fully saturated rings. The maximum atomic E-state index is 2.65. The first-order valence-electron chi connectivity index (χ1n) is 26.7. The van der Waals surface area contributed by atoms with E-state index in [1.54, 1.807) is 0 Å². The quantitative estimate of drug-likeness (QED) is 0.141. The molecule has 12 aromatic rings. The van der Waals surface area contributed by atoms with Crippen LogP contribution in [0.4, 0.5) is 51.2 Å². The number of nitrogens with zero attached hydrogens (tertiary/aromatic N) is 5. The Morgan fingerprint density at radius 2 is 0.842 bits per heavy atom. The van der Waals surface area contributed by atoms with Crippen molar-refractivity contribution in [2.45, 2.75) is 52.4 Å². The Morgan fingerprint density at radius 3 is 1.43 bits per heavy atom. The number of hydrogen-bond donors (Lipinski definition) is 0. The molecule has 366 valence electrons. The van der Waals surface area contributed by atoms with Crippen LogP contribution in [0.3, 0.4) is 0 Å². The van der Waals surface area contributed by atoms with Gasteiger partial charge in [0.05, 0.1) is 27.8 Å². The van der Waals surface area contributed by atoms with Crippen molar-refractivity contribution in [1.82, 2.24) is 9.13 Å². The molecule has 0 atom stereocenters. The van der Waals surface area contributed by atoms with Crippen molar-refractivity contribution in [1.29, 1.82) is 0 Å². The van der Waals surface area contributed by atoms with Gasteiger partial charge in [0.15, 0.2) is 0 Å². The van der Waals surface area contributed by atoms with Gasteiger partial charge in [-0.15, -0.1) is 0 Å². The van der Waals surface area contributed by atoms with Crippen molar-refractivity contribution in [3.63, 3.8) is 0 Å². The van der Waals surface area contributed by atoms with Gasteiger partial charge < -0.3 is 23.8 Å². The normalized spacial score (nSPS) is 12.8. The lowest BCUT2D eigenvalue weighted by Crippen LogP contribution is -2.60. The number of benzene rings is 10. The van der Waals surface area contributed by atoms with Crippen LogP contribution in [0, 0.1) is 0 Å². The van der Waals surface area contributed by atoms with Crippen LogP contribution in [0.2, 0.25) is 0 Å². The number of para-hydroxylation sites is 6. The molecule has 2 aliphatic heterocycles. The van der Waals surface area contributed by atoms with E-state index < -0.39 is 0 Å². The van der Waals surface area contributed by atoms with Gasteiger partial charge in [0.1, 0.15) is 0 Å². The van der Waals surface area contributed by atoms with E-state index in [0.717, 1.165) is 51.0 Å². The monoisotopic (exact) mass is 979 g/mol. The summed E-state index contributed by atoms with van der Waals surface area (Å²) < 4.78 is 5.18. The predicted molar refractivity (Wildman–Crippen MR) is 324 cm³/mol. The Bertz CT molecular complexity index is 4110. The van der Waals surface area contributed by atoms with Crippen LogP contribution in [0.25, 0.3) is 44.2 Å². The molecule has 0 bridgehead atoms. The lowest BCUT2D eigenvalue weighted by atomic mass is 9.33. The largest absolute Gasteiger partial charge is 0.311 e. The Labute approximate surface area is 446 Å². The van der Waals surface area contributed by atoms with Gasteiger partial charge in [-0.25, -0.2) is 0 Å². The molecule has 0 spiro atoms. The molecule has 0 N–H and O–H groups in total. The van der Waals surface area contributed by atoms with Crippen LogP contribution in [0.5, 0.6) is 0 Å². The Morgan fingerprint density at radius 1 is 0.329 bits per heavy atom. The van der Waals surface area contributed by atoms with Crippen LogP contribution in [0.1, 0.15) is 52.7 Å². The second kappa shape index (κ2) is 17.3. The minimum atomic E-state index is -0.0753. The lowest BCUT2D eigenvalue weighted by molar-refractivity contribution is 0.590. The highest BCUT2D eigenvalue weighted by Crippen LogP contribution is 2.49. The van der Waals surface area contributed by atoms with Crippen molar-refractivity contribution in [3.8, 4) is 11.4 Å². The summed E-state index contributed by atoms with van der Waals surface area (Å²) in [6.07, 6.45) is 0. The zero-order chi connectivity index (χ0) is 51.5. The average Bonchev–Trinajstić information content (AvgIpc) is 4.14. The van der Waals surface area contributed by atoms with Crippen molar-refractivity contribution in [2.75, 3.05) is 14.7 Å². The first kappa shape index (κ1) is 45.6. The molecule has 76 heavy (non-hydrogen) atoms. The molecule has 2 aliphatic rings. The van der Waals surface area contributed by atoms with E-state index in [1.807, 2.05) is 0 Å². The Balaban J connectivity index is 1.14. The first-order valence-corrected chi connectivity index (χ1v) is 26.7. The summed E-state index contributed by atoms with van der Waals surface area (Å²) in [4.78, 5) is 7.41. The third-order valence-electron chi connectivity index (χ3n) is 15.9. The summed E-state index contributed by atoms with van der Waals surface area (Å²) in [5.41, 5.74) is 23.6. The Hall–Kier alpha value is -9.00. The van der Waals surface area contributed by atoms with Crippen molar-refractivity contribution >= 4 is 107 Å². The first-order chi connectivity index (χ1) is 37.0. The minimum absolute atomic E-state index is 0.0458. The molecule has 10 aromatic carbocycles. The van der Waals surface area contributed by atoms with Gasteiger partial charge in [-0.05, 0) is 148 Å². The fourth-order valence-electron chi connectivity index (χ4n) is 12.4. The van der Waals surface area contributed by atoms with Crippen molar-refractivity contribution < 1.29 is 0 Å². The summed E-state index contributed by atoms with van der Waals surface area (Å²) in [5, 5.41) is 2.41. The highest BCUT2D eigenvalue weighted by Gasteiger charge is 2.44. The molecule has 5 nitrogen and oxygen atoms in total. The molecular weight excluding hydrogens is 922 g/mol. The molecule has 0 saturated heterocycles. The molecule has 0 saturated carbocycles. The molecule has 0 unspecified atom stereocenters. The van der Waals surface area contributed by atoms with Gasteiger partial charge in [0, 0.05) is 67.6 Å². The molecule has 0 amide bonds. The van der Waals surface area contributed by atoms with E-state index in [-0.39, 0.29) is 17.5 Å². The second-order valence-electron chi connectivity index (χ2n) is 22.7. The standard InChI is InChI=1S/C70H58BN5/c1-69(2,3)47-24-22-35-54(42-47)74-62-43-48(70(4,5)6)38-41-59(62)71-60-37-23-36-58-66(60)76(64-46-56(45-63(74)65(64)71)73(51-29-16-9-17-30-51)52-31-18-10-19-32-52)67-57-40-39-55(44-61(57)75(68(58)67)53-33-20-11-21-34-53)72(49-25-12-7-13-26-49)50-27-14-8-15-28-50/h7-46H,1-6H3. The van der Waals surface area contributed by atoms with Crippen LogP contribution in [-0.2, 0) is 10.8 Å². The third-order valence-corrected chi connectivity index (χ3v) is 15.9. The highest BCUT2D eigenvalue weighted by molar-refractivity contribution is 7.00. The van der Waals surface area contributed by atoms with Crippen LogP contribution >= 0.6 is 0 Å². The third kappa shape index (κ3) is 7.15. The number of aromatic nitrogens is 2. The summed E-state index contributed by atoms with van der Waals surface area (Å²) >= 11 is 0. The minimum Gasteiger partial charge on any atom is -0.311 e. The smallest absolute Gasteiger partial charge is 0.252 e. The van der Waals surface area contributed by atoms with Gasteiger partial charge >= 0.3 is 0 Å². The van der Waals surface area contributed by atoms with E-state index in [1.165, 1.54) is 71.9 Å². The zero-order valence-electron chi connectivity index (χ0n) is 43.9. The highest BCUT2D eigenvalue weighted by atomic mass is 15.2. The maximum absolute atomic E-state index is 2.65. The SMILES string of the molecule is CC(C)(C)c1cccc(N2c3cc(C(C)(C)C)ccc3B3c4c2cc(N(c2ccccc2)c2ccccc2)cc4-n2c4c3cccc4c3c2c2ccc(N(c4ccccc4)c4ccccc4)cc2n3-c2ccccc2)c1. The molecular formula is C70H58BN5. The van der Waals surface area contributed by atoms with E-state index in [9.17, 15) is 0 Å². The average molecular weight is 980 g/mol. The molecule has 0 radical (unpaired) electrons. The maximum Gasteiger partial charge on any atom is 0.252 e. The number of fused-ring (bicyclic) bond motifs is 9. The van der Waals surface area contributed by atoms with Gasteiger partial charge in [0.25, 0.3) is 6.71 Å². The van der Waals surface area contributed by atoms with Gasteiger partial charge in [-0.1, -0.05) is 175 Å². The fraction of sp³-hybridized carbons (Fsp3) is 0.114. The summed E-state index contributed by atoms with van der Waals surface area (Å²) in [5.74, 6) is 0. The second-order valence-corrected chi connectivity index (χ2v) is 22.7. The molecule has 4 heterocycles. The zero-order valence-corrected chi connectivity index (χ0v) is 43.9. The van der Waals surface area contributed by atoms with Crippen molar-refractivity contribution in [3.05, 3.63) is 254 Å². The van der Waals surface area contributed by atoms with E-state index in [4.69, 9.17) is 0 Å². The summed E-state index contributed by atoms with van der Waals surface area (Å²) in [6.45, 7) is 13.9. The lowest BCUT2D eigenvalue weighted by Gasteiger charge is -2.42. The number of anilines is 9. The molecule has 0 aliphatic carbocycles. The topological polar surface area (TPSA) is 19.6 Å². The van der Waals surface area contributed by atoms with Crippen LogP contribution in [-0.4, -0.2) is 15.8 Å². The summed E-state index contributed by atoms with van der Waals surface area (Å²) in [7, 11) is 0. The van der Waals surface area contributed by atoms with Crippen molar-refractivity contribution in [2.24, 2.45) is 0 Å². The number of hydrogen-bond acceptors (Lipinski definition) is 3. The van der Waals surface area contributed by atoms with E-state index >= 15 is 0 Å². The Kier molecular flexibility index (Phi) is 10.4. The van der Waals surface area contributed by atoms with Crippen LogP contribution < -0.4 is 31.1 Å². The van der Waals surface area contributed by atoms with Gasteiger partial charge in [0.2, 0.25) is 0 Å². The van der Waals surface area contributed by atoms with Gasteiger partial charge in [-0.2, -0.15) is 0 Å². The molecule has 6 heteroatoms.